The second-order valence-corrected chi connectivity index (χ2v) is 3.71. The van der Waals surface area contributed by atoms with Gasteiger partial charge in [-0.25, -0.2) is 4.39 Å². The van der Waals surface area contributed by atoms with Crippen molar-refractivity contribution < 1.29 is 14.2 Å². The molecule has 2 nitrogen and oxygen atoms in total. The van der Waals surface area contributed by atoms with Crippen molar-refractivity contribution in [1.82, 2.24) is 0 Å². The van der Waals surface area contributed by atoms with E-state index < -0.39 is 11.4 Å². The van der Waals surface area contributed by atoms with Gasteiger partial charge in [0.05, 0.1) is 12.7 Å². The summed E-state index contributed by atoms with van der Waals surface area (Å²) in [5, 5.41) is 9.99. The van der Waals surface area contributed by atoms with E-state index in [-0.39, 0.29) is 5.75 Å². The highest BCUT2D eigenvalue weighted by Crippen LogP contribution is 2.43. The third-order valence-electron chi connectivity index (χ3n) is 2.87. The maximum Gasteiger partial charge on any atom is 0.171 e. The van der Waals surface area contributed by atoms with Crippen molar-refractivity contribution in [2.75, 3.05) is 7.11 Å². The van der Waals surface area contributed by atoms with Gasteiger partial charge < -0.3 is 9.84 Å². The Kier molecular flexibility index (Phi) is 2.19. The summed E-state index contributed by atoms with van der Waals surface area (Å²) in [6.45, 7) is 0. The number of rotatable bonds is 2. The molecule has 0 heterocycles. The van der Waals surface area contributed by atoms with E-state index in [2.05, 4.69) is 0 Å². The van der Waals surface area contributed by atoms with E-state index in [9.17, 15) is 9.50 Å². The van der Waals surface area contributed by atoms with Crippen molar-refractivity contribution >= 4 is 0 Å². The molecule has 1 aromatic rings. The van der Waals surface area contributed by atoms with Crippen molar-refractivity contribution in [2.45, 2.75) is 24.9 Å². The zero-order valence-corrected chi connectivity index (χ0v) is 8.09. The number of hydrogen-bond acceptors (Lipinski definition) is 2. The van der Waals surface area contributed by atoms with Crippen molar-refractivity contribution in [3.63, 3.8) is 0 Å². The summed E-state index contributed by atoms with van der Waals surface area (Å²) in [7, 11) is 1.42. The summed E-state index contributed by atoms with van der Waals surface area (Å²) in [6, 6.07) is 4.88. The third kappa shape index (κ3) is 1.28. The van der Waals surface area contributed by atoms with Crippen LogP contribution in [0.2, 0.25) is 0 Å². The molecule has 0 unspecified atom stereocenters. The van der Waals surface area contributed by atoms with Crippen molar-refractivity contribution in [1.29, 1.82) is 0 Å². The summed E-state index contributed by atoms with van der Waals surface area (Å²) in [4.78, 5) is 0. The van der Waals surface area contributed by atoms with Crippen LogP contribution in [0, 0.1) is 5.82 Å². The molecule has 0 spiro atoms. The van der Waals surface area contributed by atoms with E-state index in [4.69, 9.17) is 4.74 Å². The average molecular weight is 196 g/mol. The van der Waals surface area contributed by atoms with Gasteiger partial charge in [-0.15, -0.1) is 0 Å². The number of halogens is 1. The van der Waals surface area contributed by atoms with Crippen LogP contribution >= 0.6 is 0 Å². The van der Waals surface area contributed by atoms with Gasteiger partial charge in [-0.05, 0) is 25.3 Å². The quantitative estimate of drug-likeness (QED) is 0.785. The second-order valence-electron chi connectivity index (χ2n) is 3.71. The van der Waals surface area contributed by atoms with E-state index in [1.165, 1.54) is 7.11 Å². The molecule has 0 amide bonds. The SMILES string of the molecule is COc1cccc(C2(O)CCC2)c1F. The van der Waals surface area contributed by atoms with Crippen LogP contribution in [0.1, 0.15) is 24.8 Å². The first-order valence-electron chi connectivity index (χ1n) is 4.73. The van der Waals surface area contributed by atoms with Crippen LogP contribution in [-0.2, 0) is 5.60 Å². The minimum absolute atomic E-state index is 0.197. The highest BCUT2D eigenvalue weighted by atomic mass is 19.1. The lowest BCUT2D eigenvalue weighted by molar-refractivity contribution is -0.0419. The van der Waals surface area contributed by atoms with E-state index >= 15 is 0 Å². The Hall–Kier alpha value is -1.09. The van der Waals surface area contributed by atoms with Crippen LogP contribution in [0.25, 0.3) is 0 Å². The van der Waals surface area contributed by atoms with Crippen LogP contribution in [-0.4, -0.2) is 12.2 Å². The van der Waals surface area contributed by atoms with Gasteiger partial charge in [0.25, 0.3) is 0 Å². The molecule has 1 aromatic carbocycles. The Morgan fingerprint density at radius 3 is 2.64 bits per heavy atom. The molecular weight excluding hydrogens is 183 g/mol. The van der Waals surface area contributed by atoms with E-state index in [0.717, 1.165) is 6.42 Å². The van der Waals surface area contributed by atoms with Crippen LogP contribution < -0.4 is 4.74 Å². The number of aliphatic hydroxyl groups is 1. The largest absolute Gasteiger partial charge is 0.494 e. The summed E-state index contributed by atoms with van der Waals surface area (Å²) in [6.07, 6.45) is 2.22. The predicted octanol–water partition coefficient (Wildman–Crippen LogP) is 2.21. The highest BCUT2D eigenvalue weighted by molar-refractivity contribution is 5.35. The normalized spacial score (nSPS) is 18.8. The summed E-state index contributed by atoms with van der Waals surface area (Å²) in [5.74, 6) is -0.236. The molecular formula is C11H13FO2. The van der Waals surface area contributed by atoms with Gasteiger partial charge in [0.15, 0.2) is 11.6 Å². The minimum atomic E-state index is -0.960. The van der Waals surface area contributed by atoms with Gasteiger partial charge in [0.1, 0.15) is 0 Å². The average Bonchev–Trinajstić information content (AvgIpc) is 2.15. The molecule has 0 atom stereocenters. The molecule has 0 saturated heterocycles. The molecule has 2 rings (SSSR count). The standard InChI is InChI=1S/C11H13FO2/c1-14-9-5-2-4-8(10(9)12)11(13)6-3-7-11/h2,4-5,13H,3,6-7H2,1H3. The maximum absolute atomic E-state index is 13.7. The first-order chi connectivity index (χ1) is 6.67. The number of ether oxygens (including phenoxy) is 1. The number of methoxy groups -OCH3 is 1. The molecule has 14 heavy (non-hydrogen) atoms. The highest BCUT2D eigenvalue weighted by Gasteiger charge is 2.38. The smallest absolute Gasteiger partial charge is 0.171 e. The molecule has 1 N–H and O–H groups in total. The maximum atomic E-state index is 13.7. The molecule has 1 fully saturated rings. The second kappa shape index (κ2) is 3.24. The summed E-state index contributed by atoms with van der Waals surface area (Å²) >= 11 is 0. The van der Waals surface area contributed by atoms with E-state index in [0.29, 0.717) is 18.4 Å². The van der Waals surface area contributed by atoms with Gasteiger partial charge in [0, 0.05) is 5.56 Å². The Labute approximate surface area is 82.3 Å². The predicted molar refractivity (Wildman–Crippen MR) is 50.7 cm³/mol. The molecule has 1 saturated carbocycles. The summed E-state index contributed by atoms with van der Waals surface area (Å²) < 4.78 is 18.6. The number of benzene rings is 1. The monoisotopic (exact) mass is 196 g/mol. The van der Waals surface area contributed by atoms with Gasteiger partial charge in [-0.2, -0.15) is 0 Å². The zero-order chi connectivity index (χ0) is 10.2. The Morgan fingerprint density at radius 2 is 2.14 bits per heavy atom. The first kappa shape index (κ1) is 9.46. The molecule has 1 aliphatic rings. The fourth-order valence-electron chi connectivity index (χ4n) is 1.81. The minimum Gasteiger partial charge on any atom is -0.494 e. The lowest BCUT2D eigenvalue weighted by Crippen LogP contribution is -2.34. The van der Waals surface area contributed by atoms with Gasteiger partial charge in [-0.1, -0.05) is 12.1 Å². The lowest BCUT2D eigenvalue weighted by atomic mass is 9.75. The van der Waals surface area contributed by atoms with Gasteiger partial charge >= 0.3 is 0 Å². The van der Waals surface area contributed by atoms with Gasteiger partial charge in [0.2, 0.25) is 0 Å². The first-order valence-corrected chi connectivity index (χ1v) is 4.73. The van der Waals surface area contributed by atoms with Crippen LogP contribution in [0.4, 0.5) is 4.39 Å². The lowest BCUT2D eigenvalue weighted by Gasteiger charge is -2.37. The Morgan fingerprint density at radius 1 is 1.43 bits per heavy atom. The van der Waals surface area contributed by atoms with Gasteiger partial charge in [-0.3, -0.25) is 0 Å². The molecule has 76 valence electrons. The van der Waals surface area contributed by atoms with E-state index in [1.54, 1.807) is 18.2 Å². The number of hydrogen-bond donors (Lipinski definition) is 1. The van der Waals surface area contributed by atoms with Crippen molar-refractivity contribution in [3.05, 3.63) is 29.6 Å². The van der Waals surface area contributed by atoms with Crippen LogP contribution in [0.3, 0.4) is 0 Å². The topological polar surface area (TPSA) is 29.5 Å². The fourth-order valence-corrected chi connectivity index (χ4v) is 1.81. The molecule has 0 radical (unpaired) electrons. The molecule has 0 aromatic heterocycles. The Bertz CT molecular complexity index is 345. The molecule has 0 bridgehead atoms. The molecule has 1 aliphatic carbocycles. The van der Waals surface area contributed by atoms with Crippen LogP contribution in [0.5, 0.6) is 5.75 Å². The summed E-state index contributed by atoms with van der Waals surface area (Å²) in [5.41, 5.74) is -0.596. The fraction of sp³-hybridized carbons (Fsp3) is 0.455. The molecule has 0 aliphatic heterocycles. The Balaban J connectivity index is 2.43. The zero-order valence-electron chi connectivity index (χ0n) is 8.09. The van der Waals surface area contributed by atoms with Crippen molar-refractivity contribution in [3.8, 4) is 5.75 Å². The van der Waals surface area contributed by atoms with E-state index in [1.807, 2.05) is 0 Å². The third-order valence-corrected chi connectivity index (χ3v) is 2.87. The molecule has 3 heteroatoms. The van der Waals surface area contributed by atoms with Crippen LogP contribution in [0.15, 0.2) is 18.2 Å². The van der Waals surface area contributed by atoms with Crippen molar-refractivity contribution in [2.24, 2.45) is 0 Å².